The van der Waals surface area contributed by atoms with E-state index in [-0.39, 0.29) is 36.3 Å². The van der Waals surface area contributed by atoms with Crippen molar-refractivity contribution in [1.82, 2.24) is 25.0 Å². The largest absolute Gasteiger partial charge is 0.496 e. The molecule has 3 aromatic rings. The molecule has 2 aromatic carbocycles. The Kier molecular flexibility index (Phi) is 7.56. The predicted molar refractivity (Wildman–Crippen MR) is 151 cm³/mol. The summed E-state index contributed by atoms with van der Waals surface area (Å²) in [5, 5.41) is 3.10. The second kappa shape index (κ2) is 11.6. The van der Waals surface area contributed by atoms with Crippen LogP contribution in [-0.4, -0.2) is 95.4 Å². The summed E-state index contributed by atoms with van der Waals surface area (Å²) in [5.74, 6) is 0.568. The summed E-state index contributed by atoms with van der Waals surface area (Å²) in [7, 11) is 1.64. The topological polar surface area (TPSA) is 104 Å². The number of hydrogen-bond donors (Lipinski definition) is 1. The van der Waals surface area contributed by atoms with Crippen molar-refractivity contribution >= 4 is 17.7 Å². The van der Waals surface area contributed by atoms with Gasteiger partial charge < -0.3 is 24.6 Å². The Morgan fingerprint density at radius 1 is 1.02 bits per heavy atom. The van der Waals surface area contributed by atoms with Crippen molar-refractivity contribution in [2.45, 2.75) is 31.1 Å². The van der Waals surface area contributed by atoms with Crippen molar-refractivity contribution < 1.29 is 23.9 Å². The zero-order valence-electron chi connectivity index (χ0n) is 22.9. The third kappa shape index (κ3) is 5.47. The molecule has 10 nitrogen and oxygen atoms in total. The molecule has 4 heterocycles. The van der Waals surface area contributed by atoms with Crippen molar-refractivity contribution in [3.8, 4) is 11.6 Å². The molecule has 2 bridgehead atoms. The zero-order chi connectivity index (χ0) is 28.3. The summed E-state index contributed by atoms with van der Waals surface area (Å²) in [6.07, 6.45) is 2.06. The van der Waals surface area contributed by atoms with Crippen molar-refractivity contribution in [2.75, 3.05) is 39.9 Å². The Hall–Kier alpha value is -4.44. The minimum Gasteiger partial charge on any atom is -0.496 e. The molecule has 0 radical (unpaired) electrons. The van der Waals surface area contributed by atoms with E-state index in [2.05, 4.69) is 15.2 Å². The Labute approximate surface area is 238 Å². The molecule has 0 unspecified atom stereocenters. The average Bonchev–Trinajstić information content (AvgIpc) is 3.41. The normalized spacial score (nSPS) is 22.9. The van der Waals surface area contributed by atoms with Gasteiger partial charge in [0, 0.05) is 56.1 Å². The van der Waals surface area contributed by atoms with Crippen molar-refractivity contribution in [3.05, 3.63) is 89.6 Å². The van der Waals surface area contributed by atoms with Gasteiger partial charge in [-0.05, 0) is 36.8 Å². The van der Waals surface area contributed by atoms with Crippen LogP contribution in [0.5, 0.6) is 11.6 Å². The second-order valence-electron chi connectivity index (χ2n) is 10.6. The highest BCUT2D eigenvalue weighted by Crippen LogP contribution is 2.29. The first-order valence-corrected chi connectivity index (χ1v) is 13.9. The maximum Gasteiger partial charge on any atom is 0.257 e. The van der Waals surface area contributed by atoms with E-state index in [1.807, 2.05) is 47.4 Å². The molecule has 3 aliphatic heterocycles. The molecular weight excluding hydrogens is 522 g/mol. The second-order valence-corrected chi connectivity index (χ2v) is 10.6. The van der Waals surface area contributed by atoms with Gasteiger partial charge in [-0.3, -0.25) is 19.3 Å². The number of likely N-dealkylation sites (tertiary alicyclic amines) is 1. The average molecular weight is 556 g/mol. The maximum absolute atomic E-state index is 14.2. The molecule has 1 N–H and O–H groups in total. The molecule has 3 aliphatic rings. The monoisotopic (exact) mass is 555 g/mol. The third-order valence-corrected chi connectivity index (χ3v) is 8.09. The summed E-state index contributed by atoms with van der Waals surface area (Å²) in [5.41, 5.74) is 1.92. The molecule has 10 heteroatoms. The molecule has 3 atom stereocenters. The van der Waals surface area contributed by atoms with Gasteiger partial charge in [0.2, 0.25) is 11.8 Å². The number of ether oxygens (including phenoxy) is 2. The lowest BCUT2D eigenvalue weighted by molar-refractivity contribution is -0.141. The van der Waals surface area contributed by atoms with E-state index in [1.54, 1.807) is 42.5 Å². The van der Waals surface area contributed by atoms with Crippen LogP contribution in [0, 0.1) is 0 Å². The molecular formula is C31H33N5O5. The SMILES string of the molecule is COc1ccccc1CN1C[C@@H]2C[C@H]1C(=O)N1CCN(C(=O)c3ccccc3)C[C@H]1COc1ncccc1C(=O)N2. The fourth-order valence-corrected chi connectivity index (χ4v) is 6.04. The van der Waals surface area contributed by atoms with Crippen LogP contribution >= 0.6 is 0 Å². The number of fused-ring (bicyclic) bond motifs is 4. The number of piperazine rings is 1. The number of methoxy groups -OCH3 is 1. The van der Waals surface area contributed by atoms with E-state index in [1.165, 1.54) is 0 Å². The quantitative estimate of drug-likeness (QED) is 0.527. The first kappa shape index (κ1) is 26.8. The standard InChI is InChI=1S/C31H33N5O5/c1-40-27-12-6-5-10-22(27)17-35-18-23-16-26(35)31(39)36-15-14-34(30(38)21-8-3-2-4-9-21)19-24(36)20-41-29-25(28(37)33-23)11-7-13-32-29/h2-13,23-24,26H,14-20H2,1H3,(H,33,37)/t23-,24-,26-/m0/s1. The number of carbonyl (C=O) groups excluding carboxylic acids is 3. The number of para-hydroxylation sites is 1. The first-order valence-electron chi connectivity index (χ1n) is 13.9. The number of amides is 3. The van der Waals surface area contributed by atoms with Gasteiger partial charge in [-0.15, -0.1) is 0 Å². The minimum absolute atomic E-state index is 0.0288. The van der Waals surface area contributed by atoms with Crippen LogP contribution in [0.1, 0.15) is 32.7 Å². The fourth-order valence-electron chi connectivity index (χ4n) is 6.04. The summed E-state index contributed by atoms with van der Waals surface area (Å²) in [6, 6.07) is 19.2. The zero-order valence-corrected chi connectivity index (χ0v) is 22.9. The molecule has 2 fully saturated rings. The smallest absolute Gasteiger partial charge is 0.257 e. The van der Waals surface area contributed by atoms with Gasteiger partial charge in [0.25, 0.3) is 11.8 Å². The number of nitrogens with zero attached hydrogens (tertiary/aromatic N) is 4. The molecule has 2 saturated heterocycles. The molecule has 1 aromatic heterocycles. The van der Waals surface area contributed by atoms with Crippen LogP contribution < -0.4 is 14.8 Å². The van der Waals surface area contributed by atoms with E-state index < -0.39 is 12.1 Å². The highest BCUT2D eigenvalue weighted by atomic mass is 16.5. The highest BCUT2D eigenvalue weighted by Gasteiger charge is 2.43. The van der Waals surface area contributed by atoms with E-state index in [4.69, 9.17) is 9.47 Å². The van der Waals surface area contributed by atoms with Gasteiger partial charge in [-0.25, -0.2) is 4.98 Å². The van der Waals surface area contributed by atoms with Crippen LogP contribution in [0.2, 0.25) is 0 Å². The molecule has 0 saturated carbocycles. The Bertz CT molecular complexity index is 1430. The van der Waals surface area contributed by atoms with E-state index in [0.29, 0.717) is 50.3 Å². The summed E-state index contributed by atoms with van der Waals surface area (Å²) in [4.78, 5) is 50.9. The predicted octanol–water partition coefficient (Wildman–Crippen LogP) is 2.21. The third-order valence-electron chi connectivity index (χ3n) is 8.09. The molecule has 0 spiro atoms. The van der Waals surface area contributed by atoms with Gasteiger partial charge in [-0.2, -0.15) is 0 Å². The van der Waals surface area contributed by atoms with Gasteiger partial charge in [0.05, 0.1) is 19.2 Å². The molecule has 41 heavy (non-hydrogen) atoms. The molecule has 6 rings (SSSR count). The van der Waals surface area contributed by atoms with Gasteiger partial charge in [-0.1, -0.05) is 36.4 Å². The lowest BCUT2D eigenvalue weighted by Crippen LogP contribution is -2.61. The molecule has 0 aliphatic carbocycles. The number of rotatable bonds is 4. The number of hydrogen-bond acceptors (Lipinski definition) is 7. The van der Waals surface area contributed by atoms with E-state index >= 15 is 0 Å². The van der Waals surface area contributed by atoms with Gasteiger partial charge >= 0.3 is 0 Å². The van der Waals surface area contributed by atoms with Crippen LogP contribution in [0.3, 0.4) is 0 Å². The van der Waals surface area contributed by atoms with Crippen molar-refractivity contribution in [1.29, 1.82) is 0 Å². The number of pyridine rings is 1. The number of carbonyl (C=O) groups is 3. The summed E-state index contributed by atoms with van der Waals surface area (Å²) >= 11 is 0. The van der Waals surface area contributed by atoms with E-state index in [0.717, 1.165) is 11.3 Å². The van der Waals surface area contributed by atoms with Crippen LogP contribution in [0.15, 0.2) is 72.9 Å². The minimum atomic E-state index is -0.447. The van der Waals surface area contributed by atoms with E-state index in [9.17, 15) is 14.4 Å². The van der Waals surface area contributed by atoms with Gasteiger partial charge in [0.1, 0.15) is 17.9 Å². The molecule has 212 valence electrons. The Morgan fingerprint density at radius 3 is 2.66 bits per heavy atom. The Balaban J connectivity index is 1.32. The summed E-state index contributed by atoms with van der Waals surface area (Å²) in [6.45, 7) is 2.23. The summed E-state index contributed by atoms with van der Waals surface area (Å²) < 4.78 is 11.7. The Morgan fingerprint density at radius 2 is 1.83 bits per heavy atom. The lowest BCUT2D eigenvalue weighted by Gasteiger charge is -2.43. The van der Waals surface area contributed by atoms with Crippen LogP contribution in [-0.2, 0) is 11.3 Å². The number of nitrogens with one attached hydrogen (secondary N) is 1. The van der Waals surface area contributed by atoms with Gasteiger partial charge in [0.15, 0.2) is 0 Å². The van der Waals surface area contributed by atoms with Crippen LogP contribution in [0.25, 0.3) is 0 Å². The van der Waals surface area contributed by atoms with Crippen LogP contribution in [0.4, 0.5) is 0 Å². The maximum atomic E-state index is 14.2. The molecule has 3 amide bonds. The number of aromatic nitrogens is 1. The number of benzene rings is 2. The van der Waals surface area contributed by atoms with Crippen molar-refractivity contribution in [3.63, 3.8) is 0 Å². The lowest BCUT2D eigenvalue weighted by atomic mass is 10.1. The van der Waals surface area contributed by atoms with Crippen molar-refractivity contribution in [2.24, 2.45) is 0 Å². The first-order chi connectivity index (χ1) is 20.0. The highest BCUT2D eigenvalue weighted by molar-refractivity contribution is 5.97. The fraction of sp³-hybridized carbons (Fsp3) is 0.355.